The van der Waals surface area contributed by atoms with Gasteiger partial charge in [-0.3, -0.25) is 0 Å². The number of thioether (sulfide) groups is 2. The molecule has 0 aliphatic carbocycles. The van der Waals surface area contributed by atoms with Gasteiger partial charge in [-0.25, -0.2) is 9.98 Å². The van der Waals surface area contributed by atoms with Crippen LogP contribution in [0.3, 0.4) is 0 Å². The lowest BCUT2D eigenvalue weighted by Gasteiger charge is -2.17. The Bertz CT molecular complexity index is 712. The van der Waals surface area contributed by atoms with Crippen molar-refractivity contribution in [2.75, 3.05) is 11.5 Å². The summed E-state index contributed by atoms with van der Waals surface area (Å²) in [7, 11) is 0. The normalized spacial score (nSPS) is 18.3. The fourth-order valence-corrected chi connectivity index (χ4v) is 4.78. The maximum Gasteiger partial charge on any atom is 0.129 e. The average molecular weight is 355 g/mol. The SMILES string of the molecule is Cc1cccc(C)c1N=C1SCCSC1=Nc1c(C)cccc1C. The number of aryl methyl sites for hydroxylation is 4. The van der Waals surface area contributed by atoms with Crippen molar-refractivity contribution in [1.29, 1.82) is 0 Å². The molecule has 0 saturated carbocycles. The van der Waals surface area contributed by atoms with Crippen LogP contribution >= 0.6 is 23.5 Å². The molecule has 1 aliphatic heterocycles. The van der Waals surface area contributed by atoms with Crippen molar-refractivity contribution >= 4 is 45.0 Å². The first-order valence-electron chi connectivity index (χ1n) is 8.12. The molecule has 0 spiro atoms. The molecule has 124 valence electrons. The highest BCUT2D eigenvalue weighted by Gasteiger charge is 2.18. The number of rotatable bonds is 2. The Morgan fingerprint density at radius 1 is 0.625 bits per heavy atom. The van der Waals surface area contributed by atoms with E-state index in [1.165, 1.54) is 22.3 Å². The Kier molecular flexibility index (Phi) is 5.47. The van der Waals surface area contributed by atoms with Crippen molar-refractivity contribution in [3.63, 3.8) is 0 Å². The van der Waals surface area contributed by atoms with Crippen molar-refractivity contribution in [2.45, 2.75) is 27.7 Å². The first-order valence-corrected chi connectivity index (χ1v) is 10.1. The zero-order chi connectivity index (χ0) is 17.1. The first kappa shape index (κ1) is 17.3. The molecule has 0 N–H and O–H groups in total. The smallest absolute Gasteiger partial charge is 0.129 e. The van der Waals surface area contributed by atoms with Crippen molar-refractivity contribution in [3.8, 4) is 0 Å². The summed E-state index contributed by atoms with van der Waals surface area (Å²) in [4.78, 5) is 9.96. The molecule has 1 heterocycles. The maximum absolute atomic E-state index is 4.98. The quantitative estimate of drug-likeness (QED) is 0.645. The molecule has 1 saturated heterocycles. The van der Waals surface area contributed by atoms with Crippen LogP contribution in [0.4, 0.5) is 11.4 Å². The molecular weight excluding hydrogens is 332 g/mol. The molecule has 24 heavy (non-hydrogen) atoms. The minimum Gasteiger partial charge on any atom is -0.239 e. The van der Waals surface area contributed by atoms with Crippen molar-refractivity contribution < 1.29 is 0 Å². The van der Waals surface area contributed by atoms with E-state index >= 15 is 0 Å². The van der Waals surface area contributed by atoms with Gasteiger partial charge in [0.1, 0.15) is 10.1 Å². The zero-order valence-corrected chi connectivity index (χ0v) is 16.2. The Hall–Kier alpha value is -1.52. The van der Waals surface area contributed by atoms with E-state index in [2.05, 4.69) is 64.1 Å². The van der Waals surface area contributed by atoms with Crippen LogP contribution in [0.2, 0.25) is 0 Å². The number of nitrogens with zero attached hydrogens (tertiary/aromatic N) is 2. The summed E-state index contributed by atoms with van der Waals surface area (Å²) in [6.07, 6.45) is 0. The summed E-state index contributed by atoms with van der Waals surface area (Å²) >= 11 is 3.63. The lowest BCUT2D eigenvalue weighted by atomic mass is 10.1. The van der Waals surface area contributed by atoms with Crippen LogP contribution in [0, 0.1) is 27.7 Å². The Labute approximate surface area is 152 Å². The van der Waals surface area contributed by atoms with Gasteiger partial charge in [-0.1, -0.05) is 36.4 Å². The van der Waals surface area contributed by atoms with Gasteiger partial charge in [0.15, 0.2) is 0 Å². The summed E-state index contributed by atoms with van der Waals surface area (Å²) in [5.41, 5.74) is 7.01. The van der Waals surface area contributed by atoms with Gasteiger partial charge >= 0.3 is 0 Å². The largest absolute Gasteiger partial charge is 0.239 e. The second kappa shape index (κ2) is 7.58. The summed E-state index contributed by atoms with van der Waals surface area (Å²) in [5.74, 6) is 2.17. The van der Waals surface area contributed by atoms with Gasteiger partial charge in [0.05, 0.1) is 11.4 Å². The van der Waals surface area contributed by atoms with E-state index in [-0.39, 0.29) is 0 Å². The van der Waals surface area contributed by atoms with Gasteiger partial charge in [0.2, 0.25) is 0 Å². The maximum atomic E-state index is 4.98. The summed E-state index contributed by atoms with van der Waals surface area (Å²) in [6.45, 7) is 8.48. The van der Waals surface area contributed by atoms with Crippen LogP contribution in [-0.4, -0.2) is 21.6 Å². The number of hydrogen-bond acceptors (Lipinski definition) is 4. The minimum absolute atomic E-state index is 1.05. The highest BCUT2D eigenvalue weighted by Crippen LogP contribution is 2.32. The van der Waals surface area contributed by atoms with Crippen molar-refractivity contribution in [3.05, 3.63) is 58.7 Å². The van der Waals surface area contributed by atoms with Crippen LogP contribution in [-0.2, 0) is 0 Å². The van der Waals surface area contributed by atoms with Gasteiger partial charge in [0, 0.05) is 11.5 Å². The van der Waals surface area contributed by atoms with Crippen LogP contribution in [0.5, 0.6) is 0 Å². The number of hydrogen-bond donors (Lipinski definition) is 0. The van der Waals surface area contributed by atoms with Crippen LogP contribution in [0.25, 0.3) is 0 Å². The van der Waals surface area contributed by atoms with E-state index in [1.54, 1.807) is 0 Å². The number of aliphatic imine (C=N–C) groups is 2. The van der Waals surface area contributed by atoms with E-state index in [0.29, 0.717) is 0 Å². The fourth-order valence-electron chi connectivity index (χ4n) is 2.73. The molecule has 0 bridgehead atoms. The summed E-state index contributed by atoms with van der Waals surface area (Å²) < 4.78 is 0. The molecule has 4 heteroatoms. The molecule has 0 aromatic heterocycles. The van der Waals surface area contributed by atoms with E-state index < -0.39 is 0 Å². The van der Waals surface area contributed by atoms with Crippen LogP contribution in [0.15, 0.2) is 46.4 Å². The lowest BCUT2D eigenvalue weighted by molar-refractivity contribution is 1.33. The van der Waals surface area contributed by atoms with Crippen molar-refractivity contribution in [2.24, 2.45) is 9.98 Å². The van der Waals surface area contributed by atoms with E-state index in [9.17, 15) is 0 Å². The third-order valence-electron chi connectivity index (χ3n) is 4.05. The number of para-hydroxylation sites is 2. The predicted octanol–water partition coefficient (Wildman–Crippen LogP) is 6.16. The average Bonchev–Trinajstić information content (AvgIpc) is 2.56. The Morgan fingerprint density at radius 2 is 0.958 bits per heavy atom. The molecule has 0 radical (unpaired) electrons. The monoisotopic (exact) mass is 354 g/mol. The van der Waals surface area contributed by atoms with Gasteiger partial charge < -0.3 is 0 Å². The van der Waals surface area contributed by atoms with Crippen molar-refractivity contribution in [1.82, 2.24) is 0 Å². The topological polar surface area (TPSA) is 24.7 Å². The Balaban J connectivity index is 2.06. The third-order valence-corrected chi connectivity index (χ3v) is 6.37. The molecule has 0 atom stereocenters. The van der Waals surface area contributed by atoms with Gasteiger partial charge in [-0.15, -0.1) is 23.5 Å². The number of benzene rings is 2. The van der Waals surface area contributed by atoms with Crippen LogP contribution in [0.1, 0.15) is 22.3 Å². The molecule has 2 nitrogen and oxygen atoms in total. The van der Waals surface area contributed by atoms with Gasteiger partial charge in [-0.05, 0) is 49.9 Å². The minimum atomic E-state index is 1.05. The lowest BCUT2D eigenvalue weighted by Crippen LogP contribution is -2.14. The van der Waals surface area contributed by atoms with Crippen LogP contribution < -0.4 is 0 Å². The first-order chi connectivity index (χ1) is 11.6. The van der Waals surface area contributed by atoms with E-state index in [4.69, 9.17) is 9.98 Å². The zero-order valence-electron chi connectivity index (χ0n) is 14.6. The third kappa shape index (κ3) is 3.76. The van der Waals surface area contributed by atoms with E-state index in [1.807, 2.05) is 23.5 Å². The highest BCUT2D eigenvalue weighted by atomic mass is 32.2. The van der Waals surface area contributed by atoms with Gasteiger partial charge in [0.25, 0.3) is 0 Å². The van der Waals surface area contributed by atoms with Gasteiger partial charge in [-0.2, -0.15) is 0 Å². The fraction of sp³-hybridized carbons (Fsp3) is 0.300. The molecule has 3 rings (SSSR count). The molecule has 2 aromatic carbocycles. The molecular formula is C20H22N2S2. The molecule has 0 unspecified atom stereocenters. The second-order valence-electron chi connectivity index (χ2n) is 6.01. The second-order valence-corrected chi connectivity index (χ2v) is 8.18. The molecule has 1 aliphatic rings. The van der Waals surface area contributed by atoms with E-state index in [0.717, 1.165) is 33.0 Å². The Morgan fingerprint density at radius 3 is 1.29 bits per heavy atom. The molecule has 1 fully saturated rings. The highest BCUT2D eigenvalue weighted by molar-refractivity contribution is 8.27. The standard InChI is InChI=1S/C20H22N2S2/c1-13-7-5-8-14(2)17(13)21-19-20(24-12-11-23-19)22-18-15(3)9-6-10-16(18)4/h5-10H,11-12H2,1-4H3. The summed E-state index contributed by atoms with van der Waals surface area (Å²) in [6, 6.07) is 12.7. The predicted molar refractivity (Wildman–Crippen MR) is 111 cm³/mol. The summed E-state index contributed by atoms with van der Waals surface area (Å²) in [5, 5.41) is 2.10. The molecule has 2 aromatic rings. The molecule has 0 amide bonds.